The summed E-state index contributed by atoms with van der Waals surface area (Å²) in [6.45, 7) is 4.62. The molecular formula is C28H39NO12. The summed E-state index contributed by atoms with van der Waals surface area (Å²) >= 11 is 0. The highest BCUT2D eigenvalue weighted by molar-refractivity contribution is 5.69. The minimum Gasteiger partial charge on any atom is -0.463 e. The Labute approximate surface area is 238 Å². The zero-order valence-corrected chi connectivity index (χ0v) is 23.8. The van der Waals surface area contributed by atoms with E-state index in [1.165, 1.54) is 6.92 Å². The van der Waals surface area contributed by atoms with Crippen LogP contribution < -0.4 is 5.32 Å². The molecular weight excluding hydrogens is 542 g/mol. The molecule has 1 aliphatic heterocycles. The summed E-state index contributed by atoms with van der Waals surface area (Å²) < 4.78 is 32.0. The van der Waals surface area contributed by atoms with E-state index in [-0.39, 0.29) is 13.0 Å². The number of rotatable bonds is 14. The molecule has 13 nitrogen and oxygen atoms in total. The molecule has 1 saturated heterocycles. The summed E-state index contributed by atoms with van der Waals surface area (Å²) in [7, 11) is 0. The van der Waals surface area contributed by atoms with Gasteiger partial charge in [-0.3, -0.25) is 19.2 Å². The van der Waals surface area contributed by atoms with E-state index in [1.807, 2.05) is 30.3 Å². The zero-order chi connectivity index (χ0) is 30.4. The van der Waals surface area contributed by atoms with Crippen molar-refractivity contribution >= 4 is 30.0 Å². The van der Waals surface area contributed by atoms with E-state index >= 15 is 0 Å². The highest BCUT2D eigenvalue weighted by Gasteiger charge is 2.59. The lowest BCUT2D eigenvalue weighted by Crippen LogP contribution is -2.68. The first kappa shape index (κ1) is 33.5. The van der Waals surface area contributed by atoms with Crippen molar-refractivity contribution in [3.63, 3.8) is 0 Å². The third kappa shape index (κ3) is 11.7. The molecule has 1 amide bonds. The molecule has 0 radical (unpaired) electrons. The first-order chi connectivity index (χ1) is 19.4. The summed E-state index contributed by atoms with van der Waals surface area (Å²) in [6, 6.07) is 9.29. The monoisotopic (exact) mass is 581 g/mol. The van der Waals surface area contributed by atoms with Crippen molar-refractivity contribution < 1.29 is 57.5 Å². The van der Waals surface area contributed by atoms with Gasteiger partial charge in [-0.05, 0) is 18.4 Å². The molecule has 0 aliphatic carbocycles. The second kappa shape index (κ2) is 16.5. The summed E-state index contributed by atoms with van der Waals surface area (Å²) in [5.41, 5.74) is 0.878. The van der Waals surface area contributed by atoms with Crippen molar-refractivity contribution in [2.75, 3.05) is 13.2 Å². The van der Waals surface area contributed by atoms with Crippen LogP contribution in [0.1, 0.15) is 65.4 Å². The van der Waals surface area contributed by atoms with Gasteiger partial charge in [0.2, 0.25) is 5.79 Å². The maximum Gasteiger partial charge on any atom is 0.407 e. The van der Waals surface area contributed by atoms with Crippen LogP contribution in [0, 0.1) is 0 Å². The average molecular weight is 582 g/mol. The number of hydrogen-bond acceptors (Lipinski definition) is 12. The molecule has 0 aromatic heterocycles. The number of esters is 4. The molecule has 228 valence electrons. The van der Waals surface area contributed by atoms with Crippen LogP contribution in [-0.4, -0.2) is 78.4 Å². The van der Waals surface area contributed by atoms with Crippen molar-refractivity contribution in [3.8, 4) is 0 Å². The highest BCUT2D eigenvalue weighted by Crippen LogP contribution is 2.37. The first-order valence-electron chi connectivity index (χ1n) is 13.4. The van der Waals surface area contributed by atoms with E-state index < -0.39 is 66.8 Å². The van der Waals surface area contributed by atoms with Crippen LogP contribution in [0.2, 0.25) is 0 Å². The second-order valence-corrected chi connectivity index (χ2v) is 9.63. The molecule has 2 N–H and O–H groups in total. The van der Waals surface area contributed by atoms with Gasteiger partial charge in [0.1, 0.15) is 19.3 Å². The lowest BCUT2D eigenvalue weighted by Gasteiger charge is -2.48. The molecule has 1 aliphatic rings. The minimum absolute atomic E-state index is 0.0569. The molecule has 1 heterocycles. The minimum atomic E-state index is -2.16. The molecule has 41 heavy (non-hydrogen) atoms. The first-order valence-corrected chi connectivity index (χ1v) is 13.4. The Morgan fingerprint density at radius 2 is 1.41 bits per heavy atom. The summed E-state index contributed by atoms with van der Waals surface area (Å²) in [6.07, 6.45) is -3.84. The maximum atomic E-state index is 11.9. The lowest BCUT2D eigenvalue weighted by atomic mass is 9.88. The molecule has 2 rings (SSSR count). The number of benzene rings is 1. The number of unbranched alkanes of at least 4 members (excludes halogenated alkanes) is 3. The smallest absolute Gasteiger partial charge is 0.407 e. The maximum absolute atomic E-state index is 11.9. The quantitative estimate of drug-likeness (QED) is 0.187. The molecule has 13 heteroatoms. The van der Waals surface area contributed by atoms with E-state index in [9.17, 15) is 29.1 Å². The van der Waals surface area contributed by atoms with Crippen LogP contribution >= 0.6 is 0 Å². The Morgan fingerprint density at radius 3 is 2.02 bits per heavy atom. The Balaban J connectivity index is 1.98. The van der Waals surface area contributed by atoms with Gasteiger partial charge in [-0.25, -0.2) is 4.79 Å². The van der Waals surface area contributed by atoms with Crippen molar-refractivity contribution in [2.45, 2.75) is 96.6 Å². The van der Waals surface area contributed by atoms with Gasteiger partial charge in [0.05, 0.1) is 0 Å². The molecule has 1 aromatic rings. The Morgan fingerprint density at radius 1 is 0.805 bits per heavy atom. The van der Waals surface area contributed by atoms with Crippen molar-refractivity contribution in [1.82, 2.24) is 5.32 Å². The Hall–Kier alpha value is -3.71. The predicted octanol–water partition coefficient (Wildman–Crippen LogP) is 2.31. The fraction of sp³-hybridized carbons (Fsp3) is 0.607. The number of ether oxygens (including phenoxy) is 6. The van der Waals surface area contributed by atoms with E-state index in [0.29, 0.717) is 32.2 Å². The molecule has 5 atom stereocenters. The van der Waals surface area contributed by atoms with Gasteiger partial charge >= 0.3 is 30.0 Å². The number of carbonyl (C=O) groups excluding carboxylic acids is 5. The van der Waals surface area contributed by atoms with Crippen LogP contribution in [0.5, 0.6) is 0 Å². The lowest BCUT2D eigenvalue weighted by molar-refractivity contribution is -0.354. The van der Waals surface area contributed by atoms with Crippen LogP contribution in [0.4, 0.5) is 4.79 Å². The number of amides is 1. The number of hydrogen-bond donors (Lipinski definition) is 2. The molecule has 0 saturated carbocycles. The Bertz CT molecular complexity index is 1030. The van der Waals surface area contributed by atoms with Gasteiger partial charge in [0, 0.05) is 40.7 Å². The van der Waals surface area contributed by atoms with E-state index in [4.69, 9.17) is 28.4 Å². The topological polar surface area (TPSA) is 173 Å². The van der Waals surface area contributed by atoms with Crippen LogP contribution in [-0.2, 0) is 54.2 Å². The number of nitrogens with one attached hydrogen (secondary N) is 1. The van der Waals surface area contributed by atoms with Crippen LogP contribution in [0.25, 0.3) is 0 Å². The summed E-state index contributed by atoms with van der Waals surface area (Å²) in [4.78, 5) is 59.0. The number of alkyl carbamates (subject to hydrolysis) is 1. The average Bonchev–Trinajstić information content (AvgIpc) is 2.89. The van der Waals surface area contributed by atoms with Crippen molar-refractivity contribution in [3.05, 3.63) is 35.9 Å². The molecule has 1 aromatic carbocycles. The van der Waals surface area contributed by atoms with Crippen LogP contribution in [0.15, 0.2) is 30.3 Å². The Kier molecular flexibility index (Phi) is 13.5. The number of carbonyl (C=O) groups is 5. The standard InChI is InChI=1S/C28H39NO12/c1-18(30)36-17-23-24(38-19(2)31)25(39-20(3)32)26(40-21(4)33)28(35,41-23)14-10-5-6-11-15-29-27(34)37-16-22-12-8-7-9-13-22/h7-9,12-13,23-26,35H,5-6,10-11,14-17H2,1-4H3,(H,29,34)/t23-,24+,25+,26-,28+/m1/s1. The summed E-state index contributed by atoms with van der Waals surface area (Å²) in [5, 5.41) is 14.2. The molecule has 0 spiro atoms. The third-order valence-electron chi connectivity index (χ3n) is 6.08. The third-order valence-corrected chi connectivity index (χ3v) is 6.08. The van der Waals surface area contributed by atoms with E-state index in [2.05, 4.69) is 5.32 Å². The van der Waals surface area contributed by atoms with E-state index in [1.54, 1.807) is 0 Å². The molecule has 1 fully saturated rings. The largest absolute Gasteiger partial charge is 0.463 e. The van der Waals surface area contributed by atoms with Gasteiger partial charge in [-0.15, -0.1) is 0 Å². The van der Waals surface area contributed by atoms with Gasteiger partial charge in [0.25, 0.3) is 0 Å². The SMILES string of the molecule is CC(=O)OC[C@H]1O[C@@](O)(CCCCCCNC(=O)OCc2ccccc2)[C@H](OC(C)=O)[C@@H](OC(C)=O)[C@H]1OC(C)=O. The fourth-order valence-corrected chi connectivity index (χ4v) is 4.38. The van der Waals surface area contributed by atoms with Gasteiger partial charge in [-0.1, -0.05) is 43.2 Å². The second-order valence-electron chi connectivity index (χ2n) is 9.63. The molecule has 0 bridgehead atoms. The van der Waals surface area contributed by atoms with Crippen molar-refractivity contribution in [2.24, 2.45) is 0 Å². The molecule has 0 unspecified atom stereocenters. The van der Waals surface area contributed by atoms with Gasteiger partial charge < -0.3 is 38.8 Å². The van der Waals surface area contributed by atoms with Gasteiger partial charge in [-0.2, -0.15) is 0 Å². The number of aliphatic hydroxyl groups is 1. The highest BCUT2D eigenvalue weighted by atomic mass is 16.7. The van der Waals surface area contributed by atoms with Gasteiger partial charge in [0.15, 0.2) is 18.3 Å². The normalized spacial score (nSPS) is 23.5. The fourth-order valence-electron chi connectivity index (χ4n) is 4.38. The summed E-state index contributed by atoms with van der Waals surface area (Å²) in [5.74, 6) is -5.14. The predicted molar refractivity (Wildman–Crippen MR) is 141 cm³/mol. The van der Waals surface area contributed by atoms with Crippen LogP contribution in [0.3, 0.4) is 0 Å². The zero-order valence-electron chi connectivity index (χ0n) is 23.8. The van der Waals surface area contributed by atoms with E-state index in [0.717, 1.165) is 26.3 Å². The van der Waals surface area contributed by atoms with Crippen molar-refractivity contribution in [1.29, 1.82) is 0 Å².